The van der Waals surface area contributed by atoms with Crippen molar-refractivity contribution in [1.29, 1.82) is 0 Å². The van der Waals surface area contributed by atoms with Gasteiger partial charge in [0.1, 0.15) is 17.2 Å². The summed E-state index contributed by atoms with van der Waals surface area (Å²) in [6.07, 6.45) is 3.32. The van der Waals surface area contributed by atoms with E-state index in [4.69, 9.17) is 4.42 Å². The average molecular weight is 369 g/mol. The number of nitrogens with zero attached hydrogens (tertiary/aromatic N) is 2. The van der Waals surface area contributed by atoms with Crippen molar-refractivity contribution < 1.29 is 9.52 Å². The number of rotatable bonds is 8. The molecule has 4 N–H and O–H groups in total. The van der Waals surface area contributed by atoms with E-state index in [2.05, 4.69) is 25.6 Å². The number of nitrogens with one attached hydrogen (secondary N) is 3. The summed E-state index contributed by atoms with van der Waals surface area (Å²) in [4.78, 5) is 12.4. The van der Waals surface area contributed by atoms with Crippen LogP contribution < -0.4 is 10.6 Å². The van der Waals surface area contributed by atoms with E-state index >= 15 is 0 Å². The monoisotopic (exact) mass is 369 g/mol. The molecule has 0 aliphatic heterocycles. The molecule has 0 amide bonds. The van der Waals surface area contributed by atoms with Crippen LogP contribution in [0.4, 0.5) is 0 Å². The smallest absolute Gasteiger partial charge is 0.191 e. The first-order valence-corrected chi connectivity index (χ1v) is 9.30. The third kappa shape index (κ3) is 5.10. The van der Waals surface area contributed by atoms with E-state index in [9.17, 15) is 5.11 Å². The lowest BCUT2D eigenvalue weighted by atomic mass is 10.0. The van der Waals surface area contributed by atoms with Gasteiger partial charge in [-0.1, -0.05) is 12.1 Å². The highest BCUT2D eigenvalue weighted by Crippen LogP contribution is 2.21. The van der Waals surface area contributed by atoms with Crippen molar-refractivity contribution in [1.82, 2.24) is 20.6 Å². The Hall–Kier alpha value is -2.80. The van der Waals surface area contributed by atoms with Crippen LogP contribution in [0.15, 0.2) is 52.1 Å². The highest BCUT2D eigenvalue weighted by atomic mass is 16.4. The van der Waals surface area contributed by atoms with Gasteiger partial charge in [-0.25, -0.2) is 9.98 Å². The fraction of sp³-hybridized carbons (Fsp3) is 0.400. The second-order valence-electron chi connectivity index (χ2n) is 6.68. The molecule has 0 fully saturated rings. The molecular formula is C20H27N5O2. The van der Waals surface area contributed by atoms with Crippen molar-refractivity contribution in [3.8, 4) is 0 Å². The summed E-state index contributed by atoms with van der Waals surface area (Å²) in [5.41, 5.74) is 0.922. The maximum atomic E-state index is 10.5. The zero-order valence-corrected chi connectivity index (χ0v) is 15.8. The number of hydrogen-bond donors (Lipinski definition) is 4. The number of fused-ring (bicyclic) bond motifs is 1. The number of aromatic nitrogens is 2. The van der Waals surface area contributed by atoms with Crippen LogP contribution in [0.1, 0.15) is 31.9 Å². The molecule has 0 aliphatic carbocycles. The van der Waals surface area contributed by atoms with Crippen molar-refractivity contribution in [3.05, 3.63) is 54.2 Å². The number of hydrogen-bond acceptors (Lipinski definition) is 4. The minimum atomic E-state index is -1.14. The Labute approximate surface area is 158 Å². The van der Waals surface area contributed by atoms with Crippen LogP contribution in [-0.2, 0) is 12.0 Å². The maximum Gasteiger partial charge on any atom is 0.191 e. The number of para-hydroxylation sites is 2. The van der Waals surface area contributed by atoms with Crippen molar-refractivity contribution in [2.75, 3.05) is 19.6 Å². The molecule has 3 aromatic rings. The Bertz CT molecular complexity index is 835. The van der Waals surface area contributed by atoms with Crippen molar-refractivity contribution >= 4 is 17.0 Å². The van der Waals surface area contributed by atoms with Gasteiger partial charge >= 0.3 is 0 Å². The molecule has 7 heteroatoms. The molecule has 3 rings (SSSR count). The Morgan fingerprint density at radius 2 is 2.11 bits per heavy atom. The summed E-state index contributed by atoms with van der Waals surface area (Å²) in [7, 11) is 0. The predicted molar refractivity (Wildman–Crippen MR) is 107 cm³/mol. The highest BCUT2D eigenvalue weighted by molar-refractivity contribution is 5.79. The molecule has 0 aliphatic rings. The highest BCUT2D eigenvalue weighted by Gasteiger charge is 2.26. The van der Waals surface area contributed by atoms with Gasteiger partial charge in [-0.2, -0.15) is 0 Å². The number of H-pyrrole nitrogens is 1. The minimum absolute atomic E-state index is 0.208. The molecule has 2 aromatic heterocycles. The maximum absolute atomic E-state index is 10.5. The minimum Gasteiger partial charge on any atom is -0.466 e. The fourth-order valence-corrected chi connectivity index (χ4v) is 2.82. The molecule has 0 saturated heterocycles. The van der Waals surface area contributed by atoms with E-state index in [-0.39, 0.29) is 6.54 Å². The first-order valence-electron chi connectivity index (χ1n) is 9.30. The van der Waals surface area contributed by atoms with E-state index in [0.29, 0.717) is 11.7 Å². The molecule has 1 aromatic carbocycles. The largest absolute Gasteiger partial charge is 0.466 e. The van der Waals surface area contributed by atoms with Crippen LogP contribution in [0.25, 0.3) is 11.0 Å². The Kier molecular flexibility index (Phi) is 6.13. The van der Waals surface area contributed by atoms with Crippen LogP contribution in [0.5, 0.6) is 0 Å². The third-order valence-corrected chi connectivity index (χ3v) is 4.26. The summed E-state index contributed by atoms with van der Waals surface area (Å²) < 4.78 is 5.29. The van der Waals surface area contributed by atoms with Crippen LogP contribution in [-0.4, -0.2) is 40.7 Å². The van der Waals surface area contributed by atoms with Crippen molar-refractivity contribution in [2.45, 2.75) is 32.3 Å². The van der Waals surface area contributed by atoms with Gasteiger partial charge in [0.05, 0.1) is 23.8 Å². The summed E-state index contributed by atoms with van der Waals surface area (Å²) in [5.74, 6) is 2.17. The normalized spacial score (nSPS) is 14.3. The van der Waals surface area contributed by atoms with E-state index in [1.54, 1.807) is 25.3 Å². The molecule has 144 valence electrons. The van der Waals surface area contributed by atoms with Crippen LogP contribution in [0, 0.1) is 0 Å². The molecule has 1 atom stereocenters. The lowest BCUT2D eigenvalue weighted by molar-refractivity contribution is 0.0437. The number of aliphatic hydroxyl groups is 1. The number of aryl methyl sites for hydroxylation is 1. The van der Waals surface area contributed by atoms with Gasteiger partial charge in [0.15, 0.2) is 5.96 Å². The lowest BCUT2D eigenvalue weighted by Crippen LogP contribution is -2.39. The molecule has 1 unspecified atom stereocenters. The van der Waals surface area contributed by atoms with Gasteiger partial charge in [0, 0.05) is 19.5 Å². The average Bonchev–Trinajstić information content (AvgIpc) is 3.32. The van der Waals surface area contributed by atoms with E-state index in [1.165, 1.54) is 0 Å². The van der Waals surface area contributed by atoms with Crippen LogP contribution >= 0.6 is 0 Å². The fourth-order valence-electron chi connectivity index (χ4n) is 2.82. The topological polar surface area (TPSA) is 98.5 Å². The Balaban J connectivity index is 1.50. The lowest BCUT2D eigenvalue weighted by Gasteiger charge is -2.19. The van der Waals surface area contributed by atoms with Crippen molar-refractivity contribution in [2.24, 2.45) is 4.99 Å². The second-order valence-corrected chi connectivity index (χ2v) is 6.68. The van der Waals surface area contributed by atoms with Crippen molar-refractivity contribution in [3.63, 3.8) is 0 Å². The molecule has 0 saturated carbocycles. The van der Waals surface area contributed by atoms with Crippen LogP contribution in [0.2, 0.25) is 0 Å². The number of guanidine groups is 1. The first kappa shape index (κ1) is 19.0. The molecule has 2 heterocycles. The zero-order chi connectivity index (χ0) is 19.1. The van der Waals surface area contributed by atoms with E-state index in [1.807, 2.05) is 31.2 Å². The first-order chi connectivity index (χ1) is 13.1. The number of benzene rings is 1. The number of aromatic amines is 1. The quantitative estimate of drug-likeness (QED) is 0.278. The summed E-state index contributed by atoms with van der Waals surface area (Å²) in [6.45, 7) is 5.42. The predicted octanol–water partition coefficient (Wildman–Crippen LogP) is 2.55. The standard InChI is InChI=1S/C20H27N5O2/c1-3-21-19(23-14-20(2,26)17-10-7-13-27-17)22-12-6-11-18-24-15-8-4-5-9-16(15)25-18/h4-5,7-10,13,26H,3,6,11-12,14H2,1-2H3,(H,24,25)(H2,21,22,23). The summed E-state index contributed by atoms with van der Waals surface area (Å²) in [6, 6.07) is 11.5. The molecule has 0 radical (unpaired) electrons. The number of furan rings is 1. The number of aliphatic imine (C=N–C) groups is 1. The van der Waals surface area contributed by atoms with Gasteiger partial charge in [-0.3, -0.25) is 0 Å². The molecule has 0 bridgehead atoms. The molecule has 27 heavy (non-hydrogen) atoms. The van der Waals surface area contributed by atoms with Gasteiger partial charge in [-0.15, -0.1) is 0 Å². The van der Waals surface area contributed by atoms with E-state index in [0.717, 1.165) is 42.8 Å². The molecular weight excluding hydrogens is 342 g/mol. The third-order valence-electron chi connectivity index (χ3n) is 4.26. The molecule has 7 nitrogen and oxygen atoms in total. The molecule has 0 spiro atoms. The zero-order valence-electron chi connectivity index (χ0n) is 15.8. The van der Waals surface area contributed by atoms with E-state index < -0.39 is 5.60 Å². The van der Waals surface area contributed by atoms with Gasteiger partial charge in [0.25, 0.3) is 0 Å². The van der Waals surface area contributed by atoms with Gasteiger partial charge in [0.2, 0.25) is 0 Å². The second kappa shape index (κ2) is 8.73. The number of imidazole rings is 1. The SMILES string of the molecule is CCNC(=NCC(C)(O)c1ccco1)NCCCc1nc2ccccc2[nH]1. The van der Waals surface area contributed by atoms with Gasteiger partial charge in [-0.05, 0) is 44.5 Å². The van der Waals surface area contributed by atoms with Gasteiger partial charge < -0.3 is 25.1 Å². The van der Waals surface area contributed by atoms with Crippen LogP contribution in [0.3, 0.4) is 0 Å². The Morgan fingerprint density at radius 3 is 2.85 bits per heavy atom. The summed E-state index contributed by atoms with van der Waals surface area (Å²) in [5, 5.41) is 17.0. The Morgan fingerprint density at radius 1 is 1.26 bits per heavy atom. The summed E-state index contributed by atoms with van der Waals surface area (Å²) >= 11 is 0.